The molecule has 1 aliphatic rings. The first kappa shape index (κ1) is 9.13. The van der Waals surface area contributed by atoms with E-state index in [9.17, 15) is 8.78 Å². The third-order valence-electron chi connectivity index (χ3n) is 2.61. The van der Waals surface area contributed by atoms with Gasteiger partial charge < -0.3 is 0 Å². The molecular formula is C10H9BrF2. The Morgan fingerprint density at radius 3 is 2.54 bits per heavy atom. The van der Waals surface area contributed by atoms with E-state index in [1.165, 1.54) is 12.1 Å². The van der Waals surface area contributed by atoms with Gasteiger partial charge in [0.15, 0.2) is 0 Å². The van der Waals surface area contributed by atoms with Gasteiger partial charge in [-0.15, -0.1) is 0 Å². The number of alkyl halides is 1. The minimum Gasteiger partial charge on any atom is -0.207 e. The third-order valence-corrected chi connectivity index (χ3v) is 3.68. The van der Waals surface area contributed by atoms with Crippen molar-refractivity contribution in [3.8, 4) is 0 Å². The summed E-state index contributed by atoms with van der Waals surface area (Å²) in [6, 6.07) is 3.67. The van der Waals surface area contributed by atoms with Crippen molar-refractivity contribution in [1.29, 1.82) is 0 Å². The quantitative estimate of drug-likeness (QED) is 0.702. The Morgan fingerprint density at radius 2 is 2.00 bits per heavy atom. The Kier molecular flexibility index (Phi) is 2.14. The Labute approximate surface area is 84.1 Å². The fraction of sp³-hybridized carbons (Fsp3) is 0.400. The molecule has 0 N–H and O–H groups in total. The second-order valence-electron chi connectivity index (χ2n) is 3.54. The summed E-state index contributed by atoms with van der Waals surface area (Å²) in [5.41, 5.74) is 0.385. The van der Waals surface area contributed by atoms with Crippen LogP contribution in [0.15, 0.2) is 18.2 Å². The van der Waals surface area contributed by atoms with Crippen molar-refractivity contribution < 1.29 is 8.78 Å². The summed E-state index contributed by atoms with van der Waals surface area (Å²) < 4.78 is 26.2. The van der Waals surface area contributed by atoms with E-state index in [2.05, 4.69) is 15.9 Å². The van der Waals surface area contributed by atoms with Crippen LogP contribution in [0.4, 0.5) is 8.78 Å². The molecule has 0 aliphatic heterocycles. The van der Waals surface area contributed by atoms with E-state index in [0.717, 1.165) is 18.9 Å². The number of rotatable bonds is 2. The molecule has 1 aromatic carbocycles. The molecule has 0 aromatic heterocycles. The summed E-state index contributed by atoms with van der Waals surface area (Å²) >= 11 is 3.34. The van der Waals surface area contributed by atoms with Crippen molar-refractivity contribution in [3.63, 3.8) is 0 Å². The van der Waals surface area contributed by atoms with E-state index in [-0.39, 0.29) is 17.0 Å². The zero-order valence-electron chi connectivity index (χ0n) is 6.99. The van der Waals surface area contributed by atoms with Gasteiger partial charge in [0.25, 0.3) is 0 Å². The van der Waals surface area contributed by atoms with Crippen molar-refractivity contribution in [1.82, 2.24) is 0 Å². The molecule has 0 radical (unpaired) electrons. The molecule has 1 aliphatic carbocycles. The van der Waals surface area contributed by atoms with Crippen LogP contribution in [0.5, 0.6) is 0 Å². The van der Waals surface area contributed by atoms with E-state index in [4.69, 9.17) is 0 Å². The summed E-state index contributed by atoms with van der Waals surface area (Å²) in [5.74, 6) is -0.651. The zero-order valence-corrected chi connectivity index (χ0v) is 8.57. The lowest BCUT2D eigenvalue weighted by atomic mass is 9.98. The first-order valence-electron chi connectivity index (χ1n) is 4.19. The van der Waals surface area contributed by atoms with Gasteiger partial charge in [-0.2, -0.15) is 0 Å². The van der Waals surface area contributed by atoms with Crippen LogP contribution < -0.4 is 0 Å². The van der Waals surface area contributed by atoms with Gasteiger partial charge in [-0.3, -0.25) is 0 Å². The van der Waals surface area contributed by atoms with Gasteiger partial charge in [-0.1, -0.05) is 15.9 Å². The largest absolute Gasteiger partial charge is 0.207 e. The summed E-state index contributed by atoms with van der Waals surface area (Å²) in [6.07, 6.45) is 1.89. The molecule has 1 aromatic rings. The summed E-state index contributed by atoms with van der Waals surface area (Å²) in [7, 11) is 0. The lowest BCUT2D eigenvalue weighted by Crippen LogP contribution is -2.10. The van der Waals surface area contributed by atoms with Crippen LogP contribution in [-0.2, 0) is 5.41 Å². The normalized spacial score (nSPS) is 18.7. The van der Waals surface area contributed by atoms with Gasteiger partial charge in [0.1, 0.15) is 11.6 Å². The van der Waals surface area contributed by atoms with Gasteiger partial charge in [-0.05, 0) is 36.6 Å². The van der Waals surface area contributed by atoms with Crippen LogP contribution in [-0.4, -0.2) is 5.33 Å². The van der Waals surface area contributed by atoms with Crippen LogP contribution in [0, 0.1) is 11.6 Å². The van der Waals surface area contributed by atoms with Crippen molar-refractivity contribution in [2.24, 2.45) is 0 Å². The van der Waals surface area contributed by atoms with Gasteiger partial charge in [0.05, 0.1) is 0 Å². The van der Waals surface area contributed by atoms with E-state index in [0.29, 0.717) is 10.9 Å². The van der Waals surface area contributed by atoms with Crippen molar-refractivity contribution in [3.05, 3.63) is 35.4 Å². The third kappa shape index (κ3) is 1.50. The molecule has 0 nitrogen and oxygen atoms in total. The maximum absolute atomic E-state index is 13.3. The van der Waals surface area contributed by atoms with Crippen molar-refractivity contribution in [2.45, 2.75) is 18.3 Å². The zero-order chi connectivity index (χ0) is 9.47. The highest BCUT2D eigenvalue weighted by Gasteiger charge is 2.45. The second kappa shape index (κ2) is 3.05. The number of benzene rings is 1. The maximum Gasteiger partial charge on any atom is 0.127 e. The van der Waals surface area contributed by atoms with Gasteiger partial charge in [0.2, 0.25) is 0 Å². The van der Waals surface area contributed by atoms with E-state index >= 15 is 0 Å². The molecule has 1 fully saturated rings. The summed E-state index contributed by atoms with van der Waals surface area (Å²) in [4.78, 5) is 0. The van der Waals surface area contributed by atoms with Crippen LogP contribution >= 0.6 is 15.9 Å². The highest BCUT2D eigenvalue weighted by Crippen LogP contribution is 2.50. The highest BCUT2D eigenvalue weighted by molar-refractivity contribution is 9.09. The Balaban J connectivity index is 2.44. The molecule has 13 heavy (non-hydrogen) atoms. The smallest absolute Gasteiger partial charge is 0.127 e. The molecule has 0 spiro atoms. The fourth-order valence-corrected chi connectivity index (χ4v) is 2.39. The number of halogens is 3. The molecule has 0 heterocycles. The van der Waals surface area contributed by atoms with E-state index < -0.39 is 0 Å². The Bertz CT molecular complexity index is 332. The van der Waals surface area contributed by atoms with Crippen LogP contribution in [0.1, 0.15) is 18.4 Å². The minimum atomic E-state index is -0.358. The first-order chi connectivity index (χ1) is 6.18. The SMILES string of the molecule is Fc1ccc(F)c(C2(CBr)CC2)c1. The average molecular weight is 247 g/mol. The van der Waals surface area contributed by atoms with E-state index in [1.807, 2.05) is 0 Å². The first-order valence-corrected chi connectivity index (χ1v) is 5.32. The fourth-order valence-electron chi connectivity index (χ4n) is 1.53. The molecule has 0 unspecified atom stereocenters. The molecule has 0 amide bonds. The lowest BCUT2D eigenvalue weighted by molar-refractivity contribution is 0.567. The van der Waals surface area contributed by atoms with E-state index in [1.54, 1.807) is 0 Å². The topological polar surface area (TPSA) is 0 Å². The Morgan fingerprint density at radius 1 is 1.31 bits per heavy atom. The molecule has 0 atom stereocenters. The predicted octanol–water partition coefficient (Wildman–Crippen LogP) is 3.39. The van der Waals surface area contributed by atoms with Crippen molar-refractivity contribution in [2.75, 3.05) is 5.33 Å². The maximum atomic E-state index is 13.3. The molecule has 1 saturated carbocycles. The summed E-state index contributed by atoms with van der Waals surface area (Å²) in [6.45, 7) is 0. The monoisotopic (exact) mass is 246 g/mol. The lowest BCUT2D eigenvalue weighted by Gasteiger charge is -2.12. The predicted molar refractivity (Wildman–Crippen MR) is 51.1 cm³/mol. The molecule has 2 rings (SSSR count). The van der Waals surface area contributed by atoms with Crippen LogP contribution in [0.25, 0.3) is 0 Å². The molecule has 3 heteroatoms. The second-order valence-corrected chi connectivity index (χ2v) is 4.10. The average Bonchev–Trinajstić information content (AvgIpc) is 2.90. The van der Waals surface area contributed by atoms with Gasteiger partial charge in [0, 0.05) is 10.7 Å². The number of hydrogen-bond acceptors (Lipinski definition) is 0. The standard InChI is InChI=1S/C10H9BrF2/c11-6-10(3-4-10)8-5-7(12)1-2-9(8)13/h1-2,5H,3-4,6H2. The van der Waals surface area contributed by atoms with Crippen LogP contribution in [0.2, 0.25) is 0 Å². The minimum absolute atomic E-state index is 0.133. The van der Waals surface area contributed by atoms with Gasteiger partial charge in [-0.25, -0.2) is 8.78 Å². The van der Waals surface area contributed by atoms with Crippen LogP contribution in [0.3, 0.4) is 0 Å². The molecule has 70 valence electrons. The summed E-state index contributed by atoms with van der Waals surface area (Å²) in [5, 5.41) is 0.709. The highest BCUT2D eigenvalue weighted by atomic mass is 79.9. The number of hydrogen-bond donors (Lipinski definition) is 0. The molecular weight excluding hydrogens is 238 g/mol. The van der Waals surface area contributed by atoms with Crippen molar-refractivity contribution >= 4 is 15.9 Å². The molecule has 0 bridgehead atoms. The molecule has 0 saturated heterocycles. The Hall–Kier alpha value is -0.440. The van der Waals surface area contributed by atoms with Gasteiger partial charge >= 0.3 is 0 Å².